The van der Waals surface area contributed by atoms with Gasteiger partial charge >= 0.3 is 5.97 Å². The van der Waals surface area contributed by atoms with E-state index in [-0.39, 0.29) is 11.9 Å². The number of carbonyl (C=O) groups excluding carboxylic acids is 1. The number of aromatic nitrogens is 1. The number of carbonyl (C=O) groups is 2. The molecule has 0 spiro atoms. The van der Waals surface area contributed by atoms with E-state index in [1.54, 1.807) is 6.20 Å². The van der Waals surface area contributed by atoms with E-state index >= 15 is 0 Å². The van der Waals surface area contributed by atoms with Gasteiger partial charge in [-0.15, -0.1) is 11.3 Å². The molecule has 1 amide bonds. The molecule has 1 fully saturated rings. The molecule has 1 aliphatic carbocycles. The lowest BCUT2D eigenvalue weighted by Crippen LogP contribution is -2.51. The number of amides is 1. The molecule has 0 aromatic carbocycles. The van der Waals surface area contributed by atoms with Gasteiger partial charge in [-0.25, -0.2) is 4.98 Å². The van der Waals surface area contributed by atoms with Crippen LogP contribution in [-0.4, -0.2) is 22.0 Å². The number of carboxylic acids is 1. The van der Waals surface area contributed by atoms with Gasteiger partial charge in [-0.05, 0) is 19.8 Å². The van der Waals surface area contributed by atoms with Gasteiger partial charge in [0.2, 0.25) is 5.91 Å². The monoisotopic (exact) mass is 254 g/mol. The van der Waals surface area contributed by atoms with E-state index in [1.807, 2.05) is 12.3 Å². The Kier molecular flexibility index (Phi) is 3.15. The van der Waals surface area contributed by atoms with Crippen molar-refractivity contribution in [2.75, 3.05) is 0 Å². The van der Waals surface area contributed by atoms with Gasteiger partial charge in [0.1, 0.15) is 10.4 Å². The van der Waals surface area contributed by atoms with Crippen LogP contribution in [0.15, 0.2) is 11.6 Å². The van der Waals surface area contributed by atoms with Crippen LogP contribution in [0, 0.1) is 5.41 Å². The molecule has 5 nitrogen and oxygen atoms in total. The van der Waals surface area contributed by atoms with Crippen LogP contribution in [0.25, 0.3) is 0 Å². The molecule has 0 aliphatic heterocycles. The van der Waals surface area contributed by atoms with Crippen LogP contribution >= 0.6 is 11.3 Å². The number of thiazole rings is 1. The quantitative estimate of drug-likeness (QED) is 0.799. The molecule has 1 aromatic heterocycles. The molecule has 1 saturated carbocycles. The number of aliphatic carboxylic acids is 1. The summed E-state index contributed by atoms with van der Waals surface area (Å²) in [7, 11) is 0. The molecule has 2 N–H and O–H groups in total. The van der Waals surface area contributed by atoms with Crippen molar-refractivity contribution in [3.63, 3.8) is 0 Å². The summed E-state index contributed by atoms with van der Waals surface area (Å²) in [5.41, 5.74) is -1.20. The highest BCUT2D eigenvalue weighted by Gasteiger charge is 2.51. The molecule has 1 aliphatic rings. The number of carboxylic acid groups (broad SMARTS) is 1. The van der Waals surface area contributed by atoms with Crippen molar-refractivity contribution in [3.05, 3.63) is 16.6 Å². The molecule has 92 valence electrons. The van der Waals surface area contributed by atoms with Gasteiger partial charge < -0.3 is 10.4 Å². The summed E-state index contributed by atoms with van der Waals surface area (Å²) in [6.07, 6.45) is 3.32. The Morgan fingerprint density at radius 1 is 1.59 bits per heavy atom. The van der Waals surface area contributed by atoms with E-state index in [0.29, 0.717) is 12.8 Å². The van der Waals surface area contributed by atoms with Crippen LogP contribution in [0.3, 0.4) is 0 Å². The first-order valence-corrected chi connectivity index (χ1v) is 6.38. The molecular formula is C11H14N2O3S. The normalized spacial score (nSPS) is 19.1. The van der Waals surface area contributed by atoms with Crippen LogP contribution in [0.2, 0.25) is 0 Å². The standard InChI is InChI=1S/C11H14N2O3S/c1-7(8-12-5-6-17-8)13-9(14)11(10(15)16)3-2-4-11/h5-7H,2-4H2,1H3,(H,13,14)(H,15,16). The minimum atomic E-state index is -1.20. The number of rotatable bonds is 4. The van der Waals surface area contributed by atoms with Gasteiger partial charge in [0.05, 0.1) is 6.04 Å². The van der Waals surface area contributed by atoms with Gasteiger partial charge in [-0.1, -0.05) is 6.42 Å². The zero-order chi connectivity index (χ0) is 12.5. The van der Waals surface area contributed by atoms with Gasteiger partial charge in [0.25, 0.3) is 0 Å². The lowest BCUT2D eigenvalue weighted by molar-refractivity contribution is -0.162. The van der Waals surface area contributed by atoms with Crippen LogP contribution in [0.1, 0.15) is 37.2 Å². The Morgan fingerprint density at radius 3 is 2.71 bits per heavy atom. The van der Waals surface area contributed by atoms with Gasteiger partial charge in [-0.2, -0.15) is 0 Å². The third kappa shape index (κ3) is 2.04. The summed E-state index contributed by atoms with van der Waals surface area (Å²) in [6, 6.07) is -0.237. The average molecular weight is 254 g/mol. The first-order chi connectivity index (χ1) is 8.06. The van der Waals surface area contributed by atoms with Crippen molar-refractivity contribution in [2.24, 2.45) is 5.41 Å². The minimum absolute atomic E-state index is 0.237. The Labute approximate surface area is 103 Å². The fourth-order valence-corrected chi connectivity index (χ4v) is 2.56. The number of hydrogen-bond donors (Lipinski definition) is 2. The van der Waals surface area contributed by atoms with E-state index in [2.05, 4.69) is 10.3 Å². The summed E-state index contributed by atoms with van der Waals surface area (Å²) in [4.78, 5) is 27.2. The molecule has 2 rings (SSSR count). The van der Waals surface area contributed by atoms with Crippen LogP contribution in [0.5, 0.6) is 0 Å². The Balaban J connectivity index is 2.04. The van der Waals surface area contributed by atoms with Gasteiger partial charge in [0, 0.05) is 11.6 Å². The van der Waals surface area contributed by atoms with Crippen LogP contribution in [0.4, 0.5) is 0 Å². The summed E-state index contributed by atoms with van der Waals surface area (Å²) < 4.78 is 0. The first-order valence-electron chi connectivity index (χ1n) is 5.50. The smallest absolute Gasteiger partial charge is 0.319 e. The summed E-state index contributed by atoms with van der Waals surface area (Å²) in [5.74, 6) is -1.41. The van der Waals surface area contributed by atoms with Gasteiger partial charge in [-0.3, -0.25) is 9.59 Å². The van der Waals surface area contributed by atoms with Crippen molar-refractivity contribution in [2.45, 2.75) is 32.2 Å². The third-order valence-electron chi connectivity index (χ3n) is 3.22. The number of hydrogen-bond acceptors (Lipinski definition) is 4. The number of nitrogens with zero attached hydrogens (tertiary/aromatic N) is 1. The van der Waals surface area contributed by atoms with Crippen molar-refractivity contribution in [1.82, 2.24) is 10.3 Å². The molecule has 0 radical (unpaired) electrons. The Bertz CT molecular complexity index is 426. The minimum Gasteiger partial charge on any atom is -0.480 e. The second-order valence-electron chi connectivity index (χ2n) is 4.31. The highest BCUT2D eigenvalue weighted by molar-refractivity contribution is 7.09. The van der Waals surface area contributed by atoms with Crippen LogP contribution < -0.4 is 5.32 Å². The molecule has 0 bridgehead atoms. The Hall–Kier alpha value is -1.43. The highest BCUT2D eigenvalue weighted by Crippen LogP contribution is 2.41. The third-order valence-corrected chi connectivity index (χ3v) is 4.18. The maximum Gasteiger partial charge on any atom is 0.319 e. The second-order valence-corrected chi connectivity index (χ2v) is 5.23. The van der Waals surface area contributed by atoms with E-state index in [4.69, 9.17) is 5.11 Å². The summed E-state index contributed by atoms with van der Waals surface area (Å²) >= 11 is 1.44. The fourth-order valence-electron chi connectivity index (χ4n) is 1.91. The molecule has 6 heteroatoms. The fraction of sp³-hybridized carbons (Fsp3) is 0.545. The Morgan fingerprint density at radius 2 is 2.29 bits per heavy atom. The topological polar surface area (TPSA) is 79.3 Å². The van der Waals surface area contributed by atoms with E-state index in [0.717, 1.165) is 11.4 Å². The summed E-state index contributed by atoms with van der Waals surface area (Å²) in [6.45, 7) is 1.81. The zero-order valence-electron chi connectivity index (χ0n) is 9.47. The van der Waals surface area contributed by atoms with E-state index < -0.39 is 11.4 Å². The number of nitrogens with one attached hydrogen (secondary N) is 1. The highest BCUT2D eigenvalue weighted by atomic mass is 32.1. The van der Waals surface area contributed by atoms with Crippen molar-refractivity contribution >= 4 is 23.2 Å². The molecule has 1 heterocycles. The largest absolute Gasteiger partial charge is 0.480 e. The molecule has 1 atom stereocenters. The van der Waals surface area contributed by atoms with Gasteiger partial charge in [0.15, 0.2) is 0 Å². The van der Waals surface area contributed by atoms with Crippen molar-refractivity contribution in [3.8, 4) is 0 Å². The predicted octanol–water partition coefficient (Wildman–Crippen LogP) is 1.58. The predicted molar refractivity (Wildman–Crippen MR) is 62.6 cm³/mol. The lowest BCUT2D eigenvalue weighted by Gasteiger charge is -2.36. The second kappa shape index (κ2) is 4.44. The maximum absolute atomic E-state index is 12.0. The van der Waals surface area contributed by atoms with Crippen molar-refractivity contribution in [1.29, 1.82) is 0 Å². The van der Waals surface area contributed by atoms with Crippen molar-refractivity contribution < 1.29 is 14.7 Å². The van der Waals surface area contributed by atoms with Crippen LogP contribution in [-0.2, 0) is 9.59 Å². The lowest BCUT2D eigenvalue weighted by atomic mass is 9.68. The van der Waals surface area contributed by atoms with E-state index in [1.165, 1.54) is 11.3 Å². The molecular weight excluding hydrogens is 240 g/mol. The molecule has 17 heavy (non-hydrogen) atoms. The molecule has 1 unspecified atom stereocenters. The summed E-state index contributed by atoms with van der Waals surface area (Å²) in [5, 5.41) is 14.5. The molecule has 1 aromatic rings. The maximum atomic E-state index is 12.0. The first kappa shape index (κ1) is 12.0. The van der Waals surface area contributed by atoms with E-state index in [9.17, 15) is 9.59 Å². The average Bonchev–Trinajstić information content (AvgIpc) is 2.66. The zero-order valence-corrected chi connectivity index (χ0v) is 10.3. The SMILES string of the molecule is CC(NC(=O)C1(C(=O)O)CCC1)c1nccs1. The molecule has 0 saturated heterocycles.